The van der Waals surface area contributed by atoms with Crippen LogP contribution in [0, 0.1) is 0 Å². The van der Waals surface area contributed by atoms with Crippen molar-refractivity contribution in [1.82, 2.24) is 4.98 Å². The van der Waals surface area contributed by atoms with Crippen LogP contribution in [0.5, 0.6) is 11.6 Å². The van der Waals surface area contributed by atoms with Crippen molar-refractivity contribution < 1.29 is 14.6 Å². The van der Waals surface area contributed by atoms with Crippen LogP contribution in [0.25, 0.3) is 0 Å². The van der Waals surface area contributed by atoms with Gasteiger partial charge in [0.1, 0.15) is 11.6 Å². The van der Waals surface area contributed by atoms with Crippen molar-refractivity contribution in [2.24, 2.45) is 0 Å². The van der Waals surface area contributed by atoms with Gasteiger partial charge in [0.25, 0.3) is 0 Å². The van der Waals surface area contributed by atoms with Crippen LogP contribution in [-0.2, 0) is 6.54 Å². The minimum absolute atomic E-state index is 0.121. The molecule has 2 aromatic carbocycles. The lowest BCUT2D eigenvalue weighted by Gasteiger charge is -2.16. The van der Waals surface area contributed by atoms with E-state index in [4.69, 9.17) is 16.3 Å². The highest BCUT2D eigenvalue weighted by Gasteiger charge is 2.23. The van der Waals surface area contributed by atoms with Crippen LogP contribution in [0.4, 0.5) is 5.82 Å². The highest BCUT2D eigenvalue weighted by molar-refractivity contribution is 8.01. The molecule has 0 fully saturated rings. The number of halogens is 1. The van der Waals surface area contributed by atoms with Gasteiger partial charge in [0, 0.05) is 16.0 Å². The van der Waals surface area contributed by atoms with E-state index in [1.54, 1.807) is 30.3 Å². The van der Waals surface area contributed by atoms with Crippen molar-refractivity contribution in [2.75, 3.05) is 4.31 Å². The molecule has 1 aromatic heterocycles. The normalized spacial score (nSPS) is 12.7. The van der Waals surface area contributed by atoms with Crippen molar-refractivity contribution in [3.63, 3.8) is 0 Å². The number of carboxylic acid groups (broad SMARTS) is 1. The number of hydrogen-bond acceptors (Lipinski definition) is 5. The van der Waals surface area contributed by atoms with Crippen LogP contribution in [0.3, 0.4) is 0 Å². The molecule has 0 saturated carbocycles. The number of carboxylic acids is 1. The molecule has 1 N–H and O–H groups in total. The fourth-order valence-corrected chi connectivity index (χ4v) is 3.72. The summed E-state index contributed by atoms with van der Waals surface area (Å²) in [5.74, 6) is 0.262. The molecule has 1 aliphatic rings. The van der Waals surface area contributed by atoms with Gasteiger partial charge in [-0.2, -0.15) is 4.98 Å². The second-order valence-electron chi connectivity index (χ2n) is 5.65. The highest BCUT2D eigenvalue weighted by Crippen LogP contribution is 2.39. The monoisotopic (exact) mass is 384 g/mol. The summed E-state index contributed by atoms with van der Waals surface area (Å²) in [5.41, 5.74) is 1.30. The Labute approximate surface area is 159 Å². The van der Waals surface area contributed by atoms with E-state index in [1.807, 2.05) is 22.5 Å². The molecule has 0 spiro atoms. The maximum absolute atomic E-state index is 11.5. The van der Waals surface area contributed by atoms with E-state index in [9.17, 15) is 9.90 Å². The maximum atomic E-state index is 11.5. The summed E-state index contributed by atoms with van der Waals surface area (Å²) in [5, 5.41) is 10.0. The van der Waals surface area contributed by atoms with Crippen LogP contribution < -0.4 is 9.04 Å². The predicted octanol–water partition coefficient (Wildman–Crippen LogP) is 5.25. The van der Waals surface area contributed by atoms with E-state index < -0.39 is 5.97 Å². The first-order valence-electron chi connectivity index (χ1n) is 7.81. The molecule has 5 nitrogen and oxygen atoms in total. The Bertz CT molecular complexity index is 954. The SMILES string of the molecule is O=C(O)c1cc(Oc2ccc(Cl)cc2)nc(N2Cc3ccccc3S2)c1. The van der Waals surface area contributed by atoms with Crippen molar-refractivity contribution >= 4 is 35.3 Å². The minimum atomic E-state index is -1.03. The molecule has 3 aromatic rings. The number of rotatable bonds is 4. The molecule has 0 aliphatic carbocycles. The Morgan fingerprint density at radius 3 is 2.65 bits per heavy atom. The van der Waals surface area contributed by atoms with Gasteiger partial charge in [-0.1, -0.05) is 29.8 Å². The Hall–Kier alpha value is -2.70. The van der Waals surface area contributed by atoms with Crippen LogP contribution in [-0.4, -0.2) is 16.1 Å². The van der Waals surface area contributed by atoms with Crippen molar-refractivity contribution in [3.05, 3.63) is 76.8 Å². The second-order valence-corrected chi connectivity index (χ2v) is 7.15. The van der Waals surface area contributed by atoms with Gasteiger partial charge >= 0.3 is 5.97 Å². The van der Waals surface area contributed by atoms with Gasteiger partial charge in [0.15, 0.2) is 0 Å². The minimum Gasteiger partial charge on any atom is -0.478 e. The summed E-state index contributed by atoms with van der Waals surface area (Å²) < 4.78 is 7.68. The predicted molar refractivity (Wildman–Crippen MR) is 101 cm³/mol. The smallest absolute Gasteiger partial charge is 0.336 e. The van der Waals surface area contributed by atoms with E-state index in [-0.39, 0.29) is 11.4 Å². The average molecular weight is 385 g/mol. The number of aromatic nitrogens is 1. The fourth-order valence-electron chi connectivity index (χ4n) is 2.58. The number of ether oxygens (including phenoxy) is 1. The molecule has 2 heterocycles. The van der Waals surface area contributed by atoms with Crippen molar-refractivity contribution in [1.29, 1.82) is 0 Å². The molecule has 130 valence electrons. The largest absolute Gasteiger partial charge is 0.478 e. The van der Waals surface area contributed by atoms with Gasteiger partial charge in [-0.3, -0.25) is 4.31 Å². The molecule has 26 heavy (non-hydrogen) atoms. The summed E-state index contributed by atoms with van der Waals surface area (Å²) in [6.07, 6.45) is 0. The maximum Gasteiger partial charge on any atom is 0.336 e. The van der Waals surface area contributed by atoms with E-state index in [0.29, 0.717) is 23.1 Å². The third-order valence-electron chi connectivity index (χ3n) is 3.82. The molecular formula is C19H13ClN2O3S. The molecule has 4 rings (SSSR count). The van der Waals surface area contributed by atoms with Crippen molar-refractivity contribution in [2.45, 2.75) is 11.4 Å². The Morgan fingerprint density at radius 2 is 1.92 bits per heavy atom. The molecule has 0 bridgehead atoms. The molecular weight excluding hydrogens is 372 g/mol. The Morgan fingerprint density at radius 1 is 1.15 bits per heavy atom. The number of carbonyl (C=O) groups is 1. The second kappa shape index (κ2) is 6.90. The first-order valence-corrected chi connectivity index (χ1v) is 8.96. The molecule has 0 atom stereocenters. The zero-order chi connectivity index (χ0) is 18.1. The van der Waals surface area contributed by atoms with Gasteiger partial charge in [-0.25, -0.2) is 4.79 Å². The summed E-state index contributed by atoms with van der Waals surface area (Å²) >= 11 is 7.41. The number of aromatic carboxylic acids is 1. The third kappa shape index (κ3) is 3.47. The topological polar surface area (TPSA) is 62.7 Å². The molecule has 0 saturated heterocycles. The fraction of sp³-hybridized carbons (Fsp3) is 0.0526. The van der Waals surface area contributed by atoms with Crippen LogP contribution in [0.2, 0.25) is 5.02 Å². The number of anilines is 1. The molecule has 0 unspecified atom stereocenters. The standard InChI is InChI=1S/C19H13ClN2O3S/c20-14-5-7-15(8-6-14)25-18-10-13(19(23)24)9-17(21-18)22-11-12-3-1-2-4-16(12)26-22/h1-10H,11H2,(H,23,24). The van der Waals surface area contributed by atoms with Crippen LogP contribution in [0.1, 0.15) is 15.9 Å². The average Bonchev–Trinajstić information content (AvgIpc) is 3.08. The zero-order valence-corrected chi connectivity index (χ0v) is 15.0. The third-order valence-corrected chi connectivity index (χ3v) is 5.21. The van der Waals surface area contributed by atoms with E-state index in [0.717, 1.165) is 4.90 Å². The zero-order valence-electron chi connectivity index (χ0n) is 13.4. The molecule has 0 amide bonds. The summed E-state index contributed by atoms with van der Waals surface area (Å²) in [4.78, 5) is 17.1. The summed E-state index contributed by atoms with van der Waals surface area (Å²) in [6, 6.07) is 17.8. The number of hydrogen-bond donors (Lipinski definition) is 1. The first-order chi connectivity index (χ1) is 12.6. The van der Waals surface area contributed by atoms with E-state index in [1.165, 1.54) is 23.6 Å². The van der Waals surface area contributed by atoms with Gasteiger partial charge in [0.05, 0.1) is 12.1 Å². The lowest BCUT2D eigenvalue weighted by molar-refractivity contribution is 0.0696. The lowest BCUT2D eigenvalue weighted by Crippen LogP contribution is -2.11. The first kappa shape index (κ1) is 16.8. The van der Waals surface area contributed by atoms with E-state index in [2.05, 4.69) is 11.1 Å². The number of nitrogens with zero attached hydrogens (tertiary/aromatic N) is 2. The summed E-state index contributed by atoms with van der Waals surface area (Å²) in [7, 11) is 0. The molecule has 0 radical (unpaired) electrons. The van der Waals surface area contributed by atoms with Crippen molar-refractivity contribution in [3.8, 4) is 11.6 Å². The van der Waals surface area contributed by atoms with E-state index >= 15 is 0 Å². The van der Waals surface area contributed by atoms with Gasteiger partial charge in [0.2, 0.25) is 5.88 Å². The lowest BCUT2D eigenvalue weighted by atomic mass is 10.2. The van der Waals surface area contributed by atoms with Gasteiger partial charge < -0.3 is 9.84 Å². The highest BCUT2D eigenvalue weighted by atomic mass is 35.5. The number of pyridine rings is 1. The van der Waals surface area contributed by atoms with Gasteiger partial charge in [-0.15, -0.1) is 0 Å². The Kier molecular flexibility index (Phi) is 4.44. The molecule has 7 heteroatoms. The van der Waals surface area contributed by atoms with Crippen LogP contribution in [0.15, 0.2) is 65.6 Å². The number of benzene rings is 2. The Balaban J connectivity index is 1.66. The van der Waals surface area contributed by atoms with Crippen LogP contribution >= 0.6 is 23.5 Å². The quantitative estimate of drug-likeness (QED) is 0.619. The number of fused-ring (bicyclic) bond motifs is 1. The summed E-state index contributed by atoms with van der Waals surface area (Å²) in [6.45, 7) is 0.650. The molecule has 1 aliphatic heterocycles. The van der Waals surface area contributed by atoms with Gasteiger partial charge in [-0.05, 0) is 53.9 Å².